The number of aryl methyl sites for hydroxylation is 3. The lowest BCUT2D eigenvalue weighted by atomic mass is 10.0. The Kier molecular flexibility index (Phi) is 6.53. The maximum absolute atomic E-state index is 12.6. The van der Waals surface area contributed by atoms with E-state index in [9.17, 15) is 4.79 Å². The summed E-state index contributed by atoms with van der Waals surface area (Å²) < 4.78 is 10.0. The molecule has 0 saturated carbocycles. The molecule has 162 valence electrons. The molecule has 1 saturated heterocycles. The minimum Gasteiger partial charge on any atom is -0.492 e. The summed E-state index contributed by atoms with van der Waals surface area (Å²) in [7, 11) is 0. The van der Waals surface area contributed by atoms with Crippen LogP contribution in [0.3, 0.4) is 0 Å². The number of anilines is 1. The molecule has 0 unspecified atom stereocenters. The first kappa shape index (κ1) is 21.3. The predicted molar refractivity (Wildman–Crippen MR) is 121 cm³/mol. The van der Waals surface area contributed by atoms with Crippen molar-refractivity contribution in [3.05, 3.63) is 46.5 Å². The van der Waals surface area contributed by atoms with E-state index in [4.69, 9.17) is 4.74 Å². The largest absolute Gasteiger partial charge is 0.492 e. The number of ether oxygens (including phenoxy) is 1. The van der Waals surface area contributed by atoms with E-state index in [-0.39, 0.29) is 5.91 Å². The molecule has 9 heteroatoms. The Labute approximate surface area is 185 Å². The van der Waals surface area contributed by atoms with Crippen LogP contribution < -0.4 is 10.1 Å². The third-order valence-corrected chi connectivity index (χ3v) is 6.09. The molecular formula is C22H26N6O2S. The highest BCUT2D eigenvalue weighted by Gasteiger charge is 2.18. The van der Waals surface area contributed by atoms with Crippen molar-refractivity contribution in [3.8, 4) is 16.9 Å². The molecule has 3 heterocycles. The smallest absolute Gasteiger partial charge is 0.277 e. The third kappa shape index (κ3) is 4.88. The van der Waals surface area contributed by atoms with Crippen molar-refractivity contribution in [1.82, 2.24) is 24.5 Å². The van der Waals surface area contributed by atoms with Gasteiger partial charge in [0.25, 0.3) is 5.91 Å². The number of nitrogens with zero attached hydrogens (tertiary/aromatic N) is 5. The van der Waals surface area contributed by atoms with Gasteiger partial charge >= 0.3 is 0 Å². The minimum absolute atomic E-state index is 0.280. The molecule has 31 heavy (non-hydrogen) atoms. The molecule has 1 aliphatic rings. The summed E-state index contributed by atoms with van der Waals surface area (Å²) in [5.41, 5.74) is 4.50. The standard InChI is InChI=1S/C22H26N6O2S/c1-14-20(15(2)24-13-23-14)18-12-17(25-22(29)21-16(3)31-27-26-21)6-7-19(18)30-11-10-28-8-4-5-9-28/h6-7,12-13H,4-5,8-11H2,1-3H3,(H,25,29). The highest BCUT2D eigenvalue weighted by molar-refractivity contribution is 7.05. The minimum atomic E-state index is -0.280. The maximum atomic E-state index is 12.6. The number of amides is 1. The molecule has 0 spiro atoms. The van der Waals surface area contributed by atoms with E-state index in [1.54, 1.807) is 6.33 Å². The molecule has 0 atom stereocenters. The van der Waals surface area contributed by atoms with Crippen molar-refractivity contribution in [2.75, 3.05) is 31.6 Å². The van der Waals surface area contributed by atoms with Crippen LogP contribution in [0.1, 0.15) is 39.6 Å². The number of hydrogen-bond acceptors (Lipinski definition) is 8. The van der Waals surface area contributed by atoms with Crippen LogP contribution in [0.15, 0.2) is 24.5 Å². The molecule has 2 aromatic heterocycles. The summed E-state index contributed by atoms with van der Waals surface area (Å²) in [4.78, 5) is 24.5. The van der Waals surface area contributed by atoms with Gasteiger partial charge in [0.2, 0.25) is 0 Å². The zero-order valence-electron chi connectivity index (χ0n) is 18.0. The normalized spacial score (nSPS) is 14.0. The quantitative estimate of drug-likeness (QED) is 0.602. The third-order valence-electron chi connectivity index (χ3n) is 5.46. The number of benzene rings is 1. The van der Waals surface area contributed by atoms with E-state index in [0.717, 1.165) is 52.8 Å². The Morgan fingerprint density at radius 1 is 1.16 bits per heavy atom. The fourth-order valence-electron chi connectivity index (χ4n) is 3.83. The van der Waals surface area contributed by atoms with E-state index in [1.165, 1.54) is 24.4 Å². The average molecular weight is 439 g/mol. The number of rotatable bonds is 7. The fraction of sp³-hybridized carbons (Fsp3) is 0.409. The summed E-state index contributed by atoms with van der Waals surface area (Å²) in [5, 5.41) is 6.85. The SMILES string of the molecule is Cc1ncnc(C)c1-c1cc(NC(=O)c2nnsc2C)ccc1OCCN1CCCC1. The topological polar surface area (TPSA) is 93.1 Å². The Balaban J connectivity index is 1.61. The van der Waals surface area contributed by atoms with Crippen LogP contribution in [-0.2, 0) is 0 Å². The van der Waals surface area contributed by atoms with E-state index in [2.05, 4.69) is 29.8 Å². The van der Waals surface area contributed by atoms with Crippen LogP contribution in [0.4, 0.5) is 5.69 Å². The van der Waals surface area contributed by atoms with Crippen LogP contribution in [0, 0.1) is 20.8 Å². The van der Waals surface area contributed by atoms with E-state index in [0.29, 0.717) is 18.0 Å². The first-order valence-electron chi connectivity index (χ1n) is 10.4. The predicted octanol–water partition coefficient (Wildman–Crippen LogP) is 3.65. The second-order valence-corrected chi connectivity index (χ2v) is 8.62. The zero-order chi connectivity index (χ0) is 21.8. The highest BCUT2D eigenvalue weighted by atomic mass is 32.1. The summed E-state index contributed by atoms with van der Waals surface area (Å²) in [6.07, 6.45) is 4.08. The number of carbonyl (C=O) groups is 1. The first-order chi connectivity index (χ1) is 15.0. The van der Waals surface area contributed by atoms with Gasteiger partial charge in [0.1, 0.15) is 18.7 Å². The lowest BCUT2D eigenvalue weighted by molar-refractivity contribution is 0.102. The van der Waals surface area contributed by atoms with Crippen molar-refractivity contribution < 1.29 is 9.53 Å². The van der Waals surface area contributed by atoms with Gasteiger partial charge in [-0.15, -0.1) is 5.10 Å². The molecule has 8 nitrogen and oxygen atoms in total. The van der Waals surface area contributed by atoms with Gasteiger partial charge in [-0.3, -0.25) is 9.69 Å². The van der Waals surface area contributed by atoms with E-state index in [1.807, 2.05) is 39.0 Å². The number of hydrogen-bond donors (Lipinski definition) is 1. The van der Waals surface area contributed by atoms with Crippen LogP contribution in [-0.4, -0.2) is 56.6 Å². The van der Waals surface area contributed by atoms with Crippen LogP contribution in [0.25, 0.3) is 11.1 Å². The van der Waals surface area contributed by atoms with Crippen LogP contribution in [0.2, 0.25) is 0 Å². The number of nitrogens with one attached hydrogen (secondary N) is 1. The molecule has 4 rings (SSSR count). The lowest BCUT2D eigenvalue weighted by Gasteiger charge is -2.18. The molecule has 1 N–H and O–H groups in total. The van der Waals surface area contributed by atoms with Crippen molar-refractivity contribution >= 4 is 23.1 Å². The van der Waals surface area contributed by atoms with E-state index < -0.39 is 0 Å². The second-order valence-electron chi connectivity index (χ2n) is 7.66. The van der Waals surface area contributed by atoms with Crippen molar-refractivity contribution in [1.29, 1.82) is 0 Å². The summed E-state index contributed by atoms with van der Waals surface area (Å²) in [6, 6.07) is 5.65. The van der Waals surface area contributed by atoms with Crippen molar-refractivity contribution in [2.24, 2.45) is 0 Å². The second kappa shape index (κ2) is 9.49. The molecule has 1 aromatic carbocycles. The van der Waals surface area contributed by atoms with Gasteiger partial charge in [0.05, 0.1) is 4.88 Å². The van der Waals surface area contributed by atoms with Gasteiger partial charge in [0, 0.05) is 34.7 Å². The summed E-state index contributed by atoms with van der Waals surface area (Å²) in [6.45, 7) is 9.51. The first-order valence-corrected chi connectivity index (χ1v) is 11.2. The molecular weight excluding hydrogens is 412 g/mol. The highest BCUT2D eigenvalue weighted by Crippen LogP contribution is 2.35. The van der Waals surface area contributed by atoms with Crippen LogP contribution in [0.5, 0.6) is 5.75 Å². The van der Waals surface area contributed by atoms with Crippen molar-refractivity contribution in [2.45, 2.75) is 33.6 Å². The molecule has 3 aromatic rings. The monoisotopic (exact) mass is 438 g/mol. The molecule has 1 amide bonds. The molecule has 0 radical (unpaired) electrons. The summed E-state index contributed by atoms with van der Waals surface area (Å²) >= 11 is 1.21. The van der Waals surface area contributed by atoms with Gasteiger partial charge in [0.15, 0.2) is 5.69 Å². The molecule has 0 bridgehead atoms. The number of likely N-dealkylation sites (tertiary alicyclic amines) is 1. The fourth-order valence-corrected chi connectivity index (χ4v) is 4.30. The Morgan fingerprint density at radius 2 is 1.90 bits per heavy atom. The van der Waals surface area contributed by atoms with Gasteiger partial charge in [-0.2, -0.15) is 0 Å². The van der Waals surface area contributed by atoms with Gasteiger partial charge in [-0.25, -0.2) is 9.97 Å². The lowest BCUT2D eigenvalue weighted by Crippen LogP contribution is -2.25. The zero-order valence-corrected chi connectivity index (χ0v) is 18.8. The number of aromatic nitrogens is 4. The molecule has 0 aliphatic carbocycles. The van der Waals surface area contributed by atoms with Gasteiger partial charge in [-0.1, -0.05) is 4.49 Å². The van der Waals surface area contributed by atoms with Gasteiger partial charge in [-0.05, 0) is 76.4 Å². The molecule has 1 aliphatic heterocycles. The Hall–Kier alpha value is -2.91. The van der Waals surface area contributed by atoms with Crippen molar-refractivity contribution in [3.63, 3.8) is 0 Å². The van der Waals surface area contributed by atoms with Crippen LogP contribution >= 0.6 is 11.5 Å². The summed E-state index contributed by atoms with van der Waals surface area (Å²) in [5.74, 6) is 0.474. The average Bonchev–Trinajstić information content (AvgIpc) is 3.41. The van der Waals surface area contributed by atoms with E-state index >= 15 is 0 Å². The number of carbonyl (C=O) groups excluding carboxylic acids is 1. The Bertz CT molecular complexity index is 1060. The van der Waals surface area contributed by atoms with Gasteiger partial charge < -0.3 is 10.1 Å². The molecule has 1 fully saturated rings. The Morgan fingerprint density at radius 3 is 2.58 bits per heavy atom. The maximum Gasteiger partial charge on any atom is 0.277 e.